The van der Waals surface area contributed by atoms with Crippen LogP contribution < -0.4 is 19.5 Å². The van der Waals surface area contributed by atoms with Gasteiger partial charge in [-0.15, -0.1) is 0 Å². The zero-order valence-corrected chi connectivity index (χ0v) is 16.9. The molecule has 0 aliphatic heterocycles. The highest BCUT2D eigenvalue weighted by Gasteiger charge is 2.15. The third-order valence-electron chi connectivity index (χ3n) is 4.64. The number of fused-ring (bicyclic) bond motifs is 3. The molecule has 0 unspecified atom stereocenters. The average molecular weight is 405 g/mol. The highest BCUT2D eigenvalue weighted by atomic mass is 16.5. The smallest absolute Gasteiger partial charge is 0.262 e. The molecule has 4 rings (SSSR count). The number of nitrogens with one attached hydrogen (secondary N) is 1. The summed E-state index contributed by atoms with van der Waals surface area (Å²) in [5.74, 6) is 1.39. The normalized spacial score (nSPS) is 10.9. The number of methoxy groups -OCH3 is 1. The first-order valence-corrected chi connectivity index (χ1v) is 9.83. The Balaban J connectivity index is 1.51. The SMILES string of the molecule is CCCOc1ccccc1OCC(=O)Nc1cc2oc3ccccc3c2cc1OC. The highest BCUT2D eigenvalue weighted by Crippen LogP contribution is 2.36. The first-order valence-electron chi connectivity index (χ1n) is 9.83. The van der Waals surface area contributed by atoms with Crippen LogP contribution in [-0.4, -0.2) is 26.2 Å². The molecule has 3 aromatic carbocycles. The number of rotatable bonds is 8. The van der Waals surface area contributed by atoms with Gasteiger partial charge in [0.2, 0.25) is 0 Å². The largest absolute Gasteiger partial charge is 0.495 e. The maximum Gasteiger partial charge on any atom is 0.262 e. The van der Waals surface area contributed by atoms with Crippen LogP contribution in [0.2, 0.25) is 0 Å². The maximum atomic E-state index is 12.5. The molecule has 0 atom stereocenters. The minimum atomic E-state index is -0.311. The Bertz CT molecular complexity index is 1180. The van der Waals surface area contributed by atoms with E-state index in [4.69, 9.17) is 18.6 Å². The summed E-state index contributed by atoms with van der Waals surface area (Å²) in [4.78, 5) is 12.5. The van der Waals surface area contributed by atoms with Crippen LogP contribution in [0.5, 0.6) is 17.2 Å². The summed E-state index contributed by atoms with van der Waals surface area (Å²) in [6.45, 7) is 2.46. The monoisotopic (exact) mass is 405 g/mol. The number of carbonyl (C=O) groups is 1. The zero-order chi connectivity index (χ0) is 20.9. The van der Waals surface area contributed by atoms with Gasteiger partial charge in [-0.3, -0.25) is 4.79 Å². The van der Waals surface area contributed by atoms with Crippen LogP contribution in [-0.2, 0) is 4.79 Å². The molecular weight excluding hydrogens is 382 g/mol. The van der Waals surface area contributed by atoms with Crippen molar-refractivity contribution in [2.24, 2.45) is 0 Å². The predicted octanol–water partition coefficient (Wildman–Crippen LogP) is 5.40. The van der Waals surface area contributed by atoms with Gasteiger partial charge < -0.3 is 23.9 Å². The van der Waals surface area contributed by atoms with Crippen LogP contribution >= 0.6 is 0 Å². The van der Waals surface area contributed by atoms with Crippen molar-refractivity contribution < 1.29 is 23.4 Å². The maximum absolute atomic E-state index is 12.5. The van der Waals surface area contributed by atoms with Crippen molar-refractivity contribution in [3.8, 4) is 17.2 Å². The van der Waals surface area contributed by atoms with Crippen molar-refractivity contribution >= 4 is 33.5 Å². The number of para-hydroxylation sites is 3. The van der Waals surface area contributed by atoms with Crippen molar-refractivity contribution in [2.75, 3.05) is 25.6 Å². The van der Waals surface area contributed by atoms with Crippen molar-refractivity contribution in [3.63, 3.8) is 0 Å². The molecule has 0 bridgehead atoms. The molecule has 1 heterocycles. The van der Waals surface area contributed by atoms with Crippen LogP contribution in [0.3, 0.4) is 0 Å². The Morgan fingerprint density at radius 3 is 2.40 bits per heavy atom. The quantitative estimate of drug-likeness (QED) is 0.425. The molecule has 0 spiro atoms. The van der Waals surface area contributed by atoms with E-state index in [1.54, 1.807) is 19.2 Å². The van der Waals surface area contributed by atoms with Gasteiger partial charge in [0.15, 0.2) is 18.1 Å². The van der Waals surface area contributed by atoms with Gasteiger partial charge in [0.1, 0.15) is 16.9 Å². The van der Waals surface area contributed by atoms with Gasteiger partial charge in [0.05, 0.1) is 19.4 Å². The van der Waals surface area contributed by atoms with Crippen LogP contribution in [0.1, 0.15) is 13.3 Å². The second-order valence-electron chi connectivity index (χ2n) is 6.78. The summed E-state index contributed by atoms with van der Waals surface area (Å²) < 4.78 is 22.7. The van der Waals surface area contributed by atoms with Gasteiger partial charge in [0.25, 0.3) is 5.91 Å². The number of amides is 1. The third kappa shape index (κ3) is 4.03. The molecular formula is C24H23NO5. The molecule has 30 heavy (non-hydrogen) atoms. The topological polar surface area (TPSA) is 69.9 Å². The molecule has 0 radical (unpaired) electrons. The Hall–Kier alpha value is -3.67. The van der Waals surface area contributed by atoms with E-state index in [-0.39, 0.29) is 12.5 Å². The van der Waals surface area contributed by atoms with Crippen LogP contribution in [0.4, 0.5) is 5.69 Å². The van der Waals surface area contributed by atoms with Crippen molar-refractivity contribution in [2.45, 2.75) is 13.3 Å². The fourth-order valence-electron chi connectivity index (χ4n) is 3.25. The average Bonchev–Trinajstić information content (AvgIpc) is 3.13. The highest BCUT2D eigenvalue weighted by molar-refractivity contribution is 6.07. The Labute approximate surface area is 174 Å². The first kappa shape index (κ1) is 19.6. The molecule has 1 amide bonds. The number of ether oxygens (including phenoxy) is 3. The molecule has 6 nitrogen and oxygen atoms in total. The summed E-state index contributed by atoms with van der Waals surface area (Å²) >= 11 is 0. The number of benzene rings is 3. The van der Waals surface area contributed by atoms with Crippen molar-refractivity contribution in [1.29, 1.82) is 0 Å². The summed E-state index contributed by atoms with van der Waals surface area (Å²) in [7, 11) is 1.57. The van der Waals surface area contributed by atoms with E-state index in [2.05, 4.69) is 5.32 Å². The van der Waals surface area contributed by atoms with E-state index in [1.165, 1.54) is 0 Å². The van der Waals surface area contributed by atoms with Gasteiger partial charge in [-0.2, -0.15) is 0 Å². The van der Waals surface area contributed by atoms with Gasteiger partial charge in [0, 0.05) is 16.8 Å². The number of furan rings is 1. The van der Waals surface area contributed by atoms with Crippen molar-refractivity contribution in [1.82, 2.24) is 0 Å². The second kappa shape index (κ2) is 8.78. The zero-order valence-electron chi connectivity index (χ0n) is 16.9. The summed E-state index contributed by atoms with van der Waals surface area (Å²) in [6, 6.07) is 18.7. The lowest BCUT2D eigenvalue weighted by molar-refractivity contribution is -0.118. The van der Waals surface area contributed by atoms with Gasteiger partial charge in [-0.25, -0.2) is 0 Å². The standard InChI is InChI=1S/C24H23NO5/c1-3-12-28-20-10-6-7-11-21(20)29-15-24(26)25-18-14-22-17(13-23(18)27-2)16-8-4-5-9-19(16)30-22/h4-11,13-14H,3,12,15H2,1-2H3,(H,25,26). The van der Waals surface area contributed by atoms with E-state index >= 15 is 0 Å². The van der Waals surface area contributed by atoms with E-state index in [1.807, 2.05) is 55.5 Å². The molecule has 1 N–H and O–H groups in total. The minimum Gasteiger partial charge on any atom is -0.495 e. The molecule has 0 saturated carbocycles. The van der Waals surface area contributed by atoms with Crippen LogP contribution in [0, 0.1) is 0 Å². The number of hydrogen-bond acceptors (Lipinski definition) is 5. The predicted molar refractivity (Wildman–Crippen MR) is 117 cm³/mol. The van der Waals surface area contributed by atoms with E-state index in [0.717, 1.165) is 22.8 Å². The van der Waals surface area contributed by atoms with Gasteiger partial charge in [-0.1, -0.05) is 37.3 Å². The third-order valence-corrected chi connectivity index (χ3v) is 4.64. The molecule has 0 aliphatic carbocycles. The van der Waals surface area contributed by atoms with E-state index in [0.29, 0.717) is 35.1 Å². The fourth-order valence-corrected chi connectivity index (χ4v) is 3.25. The Kier molecular flexibility index (Phi) is 5.75. The fraction of sp³-hybridized carbons (Fsp3) is 0.208. The van der Waals surface area contributed by atoms with E-state index in [9.17, 15) is 4.79 Å². The Morgan fingerprint density at radius 1 is 0.900 bits per heavy atom. The Morgan fingerprint density at radius 2 is 1.63 bits per heavy atom. The number of hydrogen-bond donors (Lipinski definition) is 1. The number of carbonyl (C=O) groups excluding carboxylic acids is 1. The lowest BCUT2D eigenvalue weighted by Crippen LogP contribution is -2.20. The molecule has 0 saturated heterocycles. The summed E-state index contributed by atoms with van der Waals surface area (Å²) in [5, 5.41) is 4.77. The molecule has 6 heteroatoms. The van der Waals surface area contributed by atoms with E-state index < -0.39 is 0 Å². The first-order chi connectivity index (χ1) is 14.7. The lowest BCUT2D eigenvalue weighted by atomic mass is 10.1. The lowest BCUT2D eigenvalue weighted by Gasteiger charge is -2.13. The molecule has 0 fully saturated rings. The molecule has 0 aliphatic rings. The molecule has 154 valence electrons. The van der Waals surface area contributed by atoms with Crippen LogP contribution in [0.25, 0.3) is 21.9 Å². The molecule has 4 aromatic rings. The van der Waals surface area contributed by atoms with Crippen molar-refractivity contribution in [3.05, 3.63) is 60.7 Å². The second-order valence-corrected chi connectivity index (χ2v) is 6.78. The minimum absolute atomic E-state index is 0.159. The summed E-state index contributed by atoms with van der Waals surface area (Å²) in [6.07, 6.45) is 0.888. The molecule has 1 aromatic heterocycles. The summed E-state index contributed by atoms with van der Waals surface area (Å²) in [5.41, 5.74) is 1.98. The van der Waals surface area contributed by atoms with Gasteiger partial charge in [-0.05, 0) is 30.7 Å². The van der Waals surface area contributed by atoms with Gasteiger partial charge >= 0.3 is 0 Å². The number of anilines is 1. The van der Waals surface area contributed by atoms with Crippen LogP contribution in [0.15, 0.2) is 65.1 Å².